The monoisotopic (exact) mass is 453 g/mol. The summed E-state index contributed by atoms with van der Waals surface area (Å²) in [5.74, 6) is -0.937. The van der Waals surface area contributed by atoms with Crippen molar-refractivity contribution in [3.05, 3.63) is 48.2 Å². The zero-order valence-electron chi connectivity index (χ0n) is 19.4. The third kappa shape index (κ3) is 5.79. The number of H-pyrrole nitrogens is 1. The van der Waals surface area contributed by atoms with Crippen LogP contribution in [0.1, 0.15) is 42.9 Å². The Labute approximate surface area is 192 Å². The first kappa shape index (κ1) is 24.0. The number of nitrogens with two attached hydrogens (primary N) is 1. The number of primary amides is 1. The summed E-state index contributed by atoms with van der Waals surface area (Å²) < 4.78 is 7.13. The number of ketones is 1. The quantitative estimate of drug-likeness (QED) is 0.384. The summed E-state index contributed by atoms with van der Waals surface area (Å²) >= 11 is 0. The van der Waals surface area contributed by atoms with Crippen molar-refractivity contribution in [1.29, 1.82) is 0 Å². The van der Waals surface area contributed by atoms with Gasteiger partial charge in [0.05, 0.1) is 19.1 Å². The van der Waals surface area contributed by atoms with E-state index in [-0.39, 0.29) is 30.4 Å². The Balaban J connectivity index is 1.76. The summed E-state index contributed by atoms with van der Waals surface area (Å²) in [5, 5.41) is 3.56. The predicted molar refractivity (Wildman–Crippen MR) is 125 cm³/mol. The van der Waals surface area contributed by atoms with Gasteiger partial charge in [0, 0.05) is 48.6 Å². The van der Waals surface area contributed by atoms with Gasteiger partial charge < -0.3 is 25.3 Å². The summed E-state index contributed by atoms with van der Waals surface area (Å²) in [6.45, 7) is 3.97. The Morgan fingerprint density at radius 3 is 2.64 bits per heavy atom. The molecule has 9 heteroatoms. The normalized spacial score (nSPS) is 13.1. The SMILES string of the molecule is COc1cccc2[nH]c(C(=O)C[C@@H](CC(C)C)C(=O)N[C@@H](Cc3cncn3C)C(N)=O)cc12. The molecule has 3 aromatic rings. The molecule has 0 aliphatic rings. The van der Waals surface area contributed by atoms with Gasteiger partial charge in [0.15, 0.2) is 5.78 Å². The van der Waals surface area contributed by atoms with Crippen molar-refractivity contribution in [1.82, 2.24) is 19.9 Å². The molecule has 2 heterocycles. The van der Waals surface area contributed by atoms with Crippen molar-refractivity contribution in [2.24, 2.45) is 24.6 Å². The van der Waals surface area contributed by atoms with Gasteiger partial charge in [0.1, 0.15) is 11.8 Å². The van der Waals surface area contributed by atoms with Crippen LogP contribution >= 0.6 is 0 Å². The first-order chi connectivity index (χ1) is 15.7. The number of aromatic nitrogens is 3. The molecule has 0 radical (unpaired) electrons. The van der Waals surface area contributed by atoms with Gasteiger partial charge in [-0.05, 0) is 30.5 Å². The molecule has 9 nitrogen and oxygen atoms in total. The lowest BCUT2D eigenvalue weighted by atomic mass is 9.90. The minimum Gasteiger partial charge on any atom is -0.496 e. The lowest BCUT2D eigenvalue weighted by Crippen LogP contribution is -2.48. The molecule has 0 bridgehead atoms. The van der Waals surface area contributed by atoms with E-state index in [1.807, 2.05) is 32.0 Å². The molecule has 2 aromatic heterocycles. The molecule has 0 spiro atoms. The van der Waals surface area contributed by atoms with Crippen LogP contribution < -0.4 is 15.8 Å². The number of carbonyl (C=O) groups is 3. The van der Waals surface area contributed by atoms with Gasteiger partial charge in [0.2, 0.25) is 11.8 Å². The highest BCUT2D eigenvalue weighted by molar-refractivity contribution is 6.02. The average Bonchev–Trinajstić information content (AvgIpc) is 3.38. The second-order valence-electron chi connectivity index (χ2n) is 8.72. The number of nitrogens with one attached hydrogen (secondary N) is 2. The fourth-order valence-electron chi connectivity index (χ4n) is 3.94. The van der Waals surface area contributed by atoms with Crippen molar-refractivity contribution in [2.45, 2.75) is 39.2 Å². The Morgan fingerprint density at radius 2 is 2.03 bits per heavy atom. The third-order valence-corrected chi connectivity index (χ3v) is 5.69. The minimum atomic E-state index is -0.894. The first-order valence-electron chi connectivity index (χ1n) is 10.9. The maximum Gasteiger partial charge on any atom is 0.240 e. The van der Waals surface area contributed by atoms with Crippen LogP contribution in [-0.2, 0) is 23.1 Å². The van der Waals surface area contributed by atoms with Crippen molar-refractivity contribution in [2.75, 3.05) is 7.11 Å². The number of methoxy groups -OCH3 is 1. The predicted octanol–water partition coefficient (Wildman–Crippen LogP) is 2.36. The number of aryl methyl sites for hydroxylation is 1. The van der Waals surface area contributed by atoms with Crippen LogP contribution in [0.25, 0.3) is 10.9 Å². The molecule has 33 heavy (non-hydrogen) atoms. The molecule has 0 aliphatic heterocycles. The Morgan fingerprint density at radius 1 is 1.27 bits per heavy atom. The van der Waals surface area contributed by atoms with Gasteiger partial charge >= 0.3 is 0 Å². The van der Waals surface area contributed by atoms with Gasteiger partial charge in [0.25, 0.3) is 0 Å². The molecule has 176 valence electrons. The second-order valence-corrected chi connectivity index (χ2v) is 8.72. The topological polar surface area (TPSA) is 132 Å². The highest BCUT2D eigenvalue weighted by Gasteiger charge is 2.28. The molecule has 3 rings (SSSR count). The number of hydrogen-bond acceptors (Lipinski definition) is 5. The molecular weight excluding hydrogens is 422 g/mol. The molecule has 1 aromatic carbocycles. The third-order valence-electron chi connectivity index (χ3n) is 5.69. The van der Waals surface area contributed by atoms with Crippen molar-refractivity contribution < 1.29 is 19.1 Å². The number of Topliss-reactive ketones (excluding diaryl/α,β-unsaturated/α-hetero) is 1. The number of fused-ring (bicyclic) bond motifs is 1. The van der Waals surface area contributed by atoms with Crippen molar-refractivity contribution >= 4 is 28.5 Å². The van der Waals surface area contributed by atoms with E-state index in [1.54, 1.807) is 37.3 Å². The van der Waals surface area contributed by atoms with Crippen LogP contribution in [0.5, 0.6) is 5.75 Å². The molecule has 0 saturated carbocycles. The van der Waals surface area contributed by atoms with Crippen LogP contribution in [-0.4, -0.2) is 45.3 Å². The van der Waals surface area contributed by atoms with E-state index in [0.29, 0.717) is 17.9 Å². The minimum absolute atomic E-state index is 0.0103. The van der Waals surface area contributed by atoms with Crippen LogP contribution in [0.15, 0.2) is 36.8 Å². The lowest BCUT2D eigenvalue weighted by Gasteiger charge is -2.22. The van der Waals surface area contributed by atoms with Crippen molar-refractivity contribution in [3.63, 3.8) is 0 Å². The highest BCUT2D eigenvalue weighted by atomic mass is 16.5. The Bertz CT molecular complexity index is 1150. The van der Waals surface area contributed by atoms with Crippen molar-refractivity contribution in [3.8, 4) is 5.75 Å². The fraction of sp³-hybridized carbons (Fsp3) is 0.417. The summed E-state index contributed by atoms with van der Waals surface area (Å²) in [6, 6.07) is 6.38. The largest absolute Gasteiger partial charge is 0.496 e. The molecular formula is C24H31N5O4. The zero-order chi connectivity index (χ0) is 24.1. The number of carbonyl (C=O) groups excluding carboxylic acids is 3. The number of nitrogens with zero attached hydrogens (tertiary/aromatic N) is 2. The van der Waals surface area contributed by atoms with Gasteiger partial charge in [-0.1, -0.05) is 19.9 Å². The van der Waals surface area contributed by atoms with Crippen LogP contribution in [0.3, 0.4) is 0 Å². The number of imidazole rings is 1. The van der Waals surface area contributed by atoms with E-state index < -0.39 is 17.9 Å². The molecule has 0 saturated heterocycles. The number of hydrogen-bond donors (Lipinski definition) is 3. The maximum atomic E-state index is 13.1. The van der Waals surface area contributed by atoms with E-state index in [4.69, 9.17) is 10.5 Å². The summed E-state index contributed by atoms with van der Waals surface area (Å²) in [4.78, 5) is 45.4. The standard InChI is InChI=1S/C24H31N5O4/c1-14(2)8-15(24(32)28-20(23(25)31)10-16-12-26-13-29(16)3)9-21(30)19-11-17-18(27-19)6-5-7-22(17)33-4/h5-7,11-15,20,27H,8-10H2,1-4H3,(H2,25,31)(H,28,32)/t15-,20+/m1/s1. The molecule has 2 atom stereocenters. The van der Waals surface area contributed by atoms with Crippen LogP contribution in [0.2, 0.25) is 0 Å². The average molecular weight is 454 g/mol. The number of rotatable bonds is 11. The number of benzene rings is 1. The summed E-state index contributed by atoms with van der Waals surface area (Å²) in [7, 11) is 3.38. The Hall–Kier alpha value is -3.62. The van der Waals surface area contributed by atoms with Gasteiger partial charge in [-0.25, -0.2) is 4.98 Å². The van der Waals surface area contributed by atoms with E-state index in [2.05, 4.69) is 15.3 Å². The van der Waals surface area contributed by atoms with Crippen LogP contribution in [0.4, 0.5) is 0 Å². The fourth-order valence-corrected chi connectivity index (χ4v) is 3.94. The zero-order valence-corrected chi connectivity index (χ0v) is 19.4. The molecule has 0 aliphatic carbocycles. The summed E-state index contributed by atoms with van der Waals surface area (Å²) in [6.07, 6.45) is 3.97. The molecule has 0 fully saturated rings. The van der Waals surface area contributed by atoms with Gasteiger partial charge in [-0.3, -0.25) is 14.4 Å². The lowest BCUT2D eigenvalue weighted by molar-refractivity contribution is -0.130. The van der Waals surface area contributed by atoms with E-state index in [9.17, 15) is 14.4 Å². The summed E-state index contributed by atoms with van der Waals surface area (Å²) in [5.41, 5.74) is 7.51. The highest BCUT2D eigenvalue weighted by Crippen LogP contribution is 2.27. The van der Waals surface area contributed by atoms with Crippen LogP contribution in [0, 0.1) is 11.8 Å². The number of amides is 2. The smallest absolute Gasteiger partial charge is 0.240 e. The van der Waals surface area contributed by atoms with Gasteiger partial charge in [-0.15, -0.1) is 0 Å². The van der Waals surface area contributed by atoms with Gasteiger partial charge in [-0.2, -0.15) is 0 Å². The molecule has 4 N–H and O–H groups in total. The first-order valence-corrected chi connectivity index (χ1v) is 10.9. The van der Waals surface area contributed by atoms with E-state index in [0.717, 1.165) is 16.6 Å². The second kappa shape index (κ2) is 10.3. The van der Waals surface area contributed by atoms with E-state index in [1.165, 1.54) is 0 Å². The van der Waals surface area contributed by atoms with E-state index >= 15 is 0 Å². The Kier molecular flexibility index (Phi) is 7.52. The molecule has 2 amide bonds. The number of ether oxygens (including phenoxy) is 1. The maximum absolute atomic E-state index is 13.1. The number of aromatic amines is 1. The molecule has 0 unspecified atom stereocenters.